The third-order valence-electron chi connectivity index (χ3n) is 4.83. The molecule has 3 rings (SSSR count). The first-order valence-electron chi connectivity index (χ1n) is 8.44. The van der Waals surface area contributed by atoms with Crippen molar-refractivity contribution >= 4 is 17.4 Å². The van der Waals surface area contributed by atoms with E-state index in [1.165, 1.54) is 12.6 Å². The number of rotatable bonds is 4. The van der Waals surface area contributed by atoms with Crippen LogP contribution < -0.4 is 16.1 Å². The van der Waals surface area contributed by atoms with Crippen molar-refractivity contribution in [3.8, 4) is 0 Å². The lowest BCUT2D eigenvalue weighted by Crippen LogP contribution is -2.49. The molecular formula is C18H23ClN4O2. The summed E-state index contributed by atoms with van der Waals surface area (Å²) < 4.78 is 2.68. The van der Waals surface area contributed by atoms with E-state index in [1.807, 2.05) is 12.1 Å². The highest BCUT2D eigenvalue weighted by Gasteiger charge is 2.20. The number of hydrogen-bond acceptors (Lipinski definition) is 4. The zero-order chi connectivity index (χ0) is 18.0. The molecule has 1 aromatic carbocycles. The van der Waals surface area contributed by atoms with Gasteiger partial charge in [-0.15, -0.1) is 0 Å². The molecule has 2 heterocycles. The van der Waals surface area contributed by atoms with E-state index in [1.54, 1.807) is 17.7 Å². The summed E-state index contributed by atoms with van der Waals surface area (Å²) in [6.07, 6.45) is 0.988. The highest BCUT2D eigenvalue weighted by molar-refractivity contribution is 6.30. The minimum Gasteiger partial charge on any atom is -0.355 e. The van der Waals surface area contributed by atoms with Gasteiger partial charge < -0.3 is 4.90 Å². The van der Waals surface area contributed by atoms with Gasteiger partial charge in [0, 0.05) is 57.9 Å². The Labute approximate surface area is 151 Å². The lowest BCUT2D eigenvalue weighted by molar-refractivity contribution is 0.259. The summed E-state index contributed by atoms with van der Waals surface area (Å²) >= 11 is 5.92. The van der Waals surface area contributed by atoms with E-state index in [9.17, 15) is 9.59 Å². The predicted octanol–water partition coefficient (Wildman–Crippen LogP) is 1.10. The Morgan fingerprint density at radius 1 is 0.960 bits per heavy atom. The largest absolute Gasteiger partial charge is 0.355 e. The van der Waals surface area contributed by atoms with E-state index in [2.05, 4.69) is 21.9 Å². The summed E-state index contributed by atoms with van der Waals surface area (Å²) in [7, 11) is 3.22. The molecule has 25 heavy (non-hydrogen) atoms. The molecule has 134 valence electrons. The zero-order valence-electron chi connectivity index (χ0n) is 14.6. The highest BCUT2D eigenvalue weighted by atomic mass is 35.5. The second-order valence-corrected chi connectivity index (χ2v) is 6.88. The SMILES string of the molecule is Cn1c(N2CCN(CCc3ccc(Cl)cc3)CC2)cc(=O)n(C)c1=O. The van der Waals surface area contributed by atoms with Crippen LogP contribution in [0.25, 0.3) is 0 Å². The molecule has 1 aromatic heterocycles. The van der Waals surface area contributed by atoms with Gasteiger partial charge in [0.15, 0.2) is 0 Å². The summed E-state index contributed by atoms with van der Waals surface area (Å²) in [6, 6.07) is 9.52. The molecule has 1 saturated heterocycles. The predicted molar refractivity (Wildman–Crippen MR) is 101 cm³/mol. The topological polar surface area (TPSA) is 50.5 Å². The van der Waals surface area contributed by atoms with Crippen LogP contribution in [0.3, 0.4) is 0 Å². The highest BCUT2D eigenvalue weighted by Crippen LogP contribution is 2.14. The van der Waals surface area contributed by atoms with Crippen molar-refractivity contribution in [1.82, 2.24) is 14.0 Å². The Balaban J connectivity index is 1.60. The summed E-state index contributed by atoms with van der Waals surface area (Å²) in [5.74, 6) is 0.699. The fourth-order valence-corrected chi connectivity index (χ4v) is 3.29. The first-order valence-corrected chi connectivity index (χ1v) is 8.82. The molecule has 0 unspecified atom stereocenters. The van der Waals surface area contributed by atoms with Crippen molar-refractivity contribution in [1.29, 1.82) is 0 Å². The average molecular weight is 363 g/mol. The van der Waals surface area contributed by atoms with Crippen LogP contribution in [-0.2, 0) is 20.5 Å². The van der Waals surface area contributed by atoms with Crippen LogP contribution >= 0.6 is 11.6 Å². The average Bonchev–Trinajstić information content (AvgIpc) is 2.63. The minimum absolute atomic E-state index is 0.261. The van der Waals surface area contributed by atoms with E-state index in [-0.39, 0.29) is 11.2 Å². The summed E-state index contributed by atoms with van der Waals surface area (Å²) in [6.45, 7) is 4.43. The van der Waals surface area contributed by atoms with Gasteiger partial charge in [0.2, 0.25) is 0 Å². The second-order valence-electron chi connectivity index (χ2n) is 6.45. The van der Waals surface area contributed by atoms with Crippen molar-refractivity contribution in [3.05, 3.63) is 61.8 Å². The molecule has 1 aliphatic rings. The molecule has 0 spiro atoms. The molecule has 0 amide bonds. The molecule has 0 N–H and O–H groups in total. The van der Waals surface area contributed by atoms with Crippen molar-refractivity contribution in [2.75, 3.05) is 37.6 Å². The number of anilines is 1. The van der Waals surface area contributed by atoms with Crippen LogP contribution in [0.4, 0.5) is 5.82 Å². The number of hydrogen-bond donors (Lipinski definition) is 0. The first-order chi connectivity index (χ1) is 12.0. The van der Waals surface area contributed by atoms with Gasteiger partial charge >= 0.3 is 5.69 Å². The zero-order valence-corrected chi connectivity index (χ0v) is 15.4. The van der Waals surface area contributed by atoms with Gasteiger partial charge in [-0.05, 0) is 24.1 Å². The molecular weight excluding hydrogens is 340 g/mol. The van der Waals surface area contributed by atoms with Gasteiger partial charge in [0.25, 0.3) is 5.56 Å². The molecule has 0 atom stereocenters. The summed E-state index contributed by atoms with van der Waals surface area (Å²) in [4.78, 5) is 28.5. The van der Waals surface area contributed by atoms with Gasteiger partial charge in [0.05, 0.1) is 0 Å². The van der Waals surface area contributed by atoms with E-state index in [4.69, 9.17) is 11.6 Å². The maximum Gasteiger partial charge on any atom is 0.332 e. The van der Waals surface area contributed by atoms with E-state index in [0.29, 0.717) is 5.82 Å². The lowest BCUT2D eigenvalue weighted by atomic mass is 10.1. The van der Waals surface area contributed by atoms with Crippen molar-refractivity contribution in [2.45, 2.75) is 6.42 Å². The third kappa shape index (κ3) is 3.96. The normalized spacial score (nSPS) is 15.6. The minimum atomic E-state index is -0.285. The Bertz CT molecular complexity index is 849. The van der Waals surface area contributed by atoms with E-state index >= 15 is 0 Å². The lowest BCUT2D eigenvalue weighted by Gasteiger charge is -2.36. The molecule has 0 saturated carbocycles. The maximum absolute atomic E-state index is 12.1. The molecule has 7 heteroatoms. The van der Waals surface area contributed by atoms with Crippen LogP contribution in [0.5, 0.6) is 0 Å². The number of benzene rings is 1. The Morgan fingerprint density at radius 3 is 2.24 bits per heavy atom. The Morgan fingerprint density at radius 2 is 1.60 bits per heavy atom. The van der Waals surface area contributed by atoms with Crippen LogP contribution in [0.1, 0.15) is 5.56 Å². The molecule has 0 radical (unpaired) electrons. The number of halogens is 1. The van der Waals surface area contributed by atoms with E-state index < -0.39 is 0 Å². The van der Waals surface area contributed by atoms with Crippen LogP contribution in [0.15, 0.2) is 39.9 Å². The summed E-state index contributed by atoms with van der Waals surface area (Å²) in [5, 5.41) is 0.761. The molecule has 0 bridgehead atoms. The molecule has 1 fully saturated rings. The van der Waals surface area contributed by atoms with Crippen LogP contribution in [0.2, 0.25) is 5.02 Å². The van der Waals surface area contributed by atoms with Crippen molar-refractivity contribution in [2.24, 2.45) is 14.1 Å². The Hall–Kier alpha value is -2.05. The quantitative estimate of drug-likeness (QED) is 0.817. The smallest absolute Gasteiger partial charge is 0.332 e. The van der Waals surface area contributed by atoms with Gasteiger partial charge in [-0.3, -0.25) is 18.8 Å². The fraction of sp³-hybridized carbons (Fsp3) is 0.444. The van der Waals surface area contributed by atoms with Crippen molar-refractivity contribution < 1.29 is 0 Å². The molecule has 1 aliphatic heterocycles. The number of piperazine rings is 1. The van der Waals surface area contributed by atoms with Gasteiger partial charge in [-0.1, -0.05) is 23.7 Å². The number of nitrogens with zero attached hydrogens (tertiary/aromatic N) is 4. The summed E-state index contributed by atoms with van der Waals surface area (Å²) in [5.41, 5.74) is 0.733. The third-order valence-corrected chi connectivity index (χ3v) is 5.08. The monoisotopic (exact) mass is 362 g/mol. The van der Waals surface area contributed by atoms with Gasteiger partial charge in [-0.2, -0.15) is 0 Å². The van der Waals surface area contributed by atoms with Crippen LogP contribution in [-0.4, -0.2) is 46.8 Å². The molecule has 2 aromatic rings. The molecule has 6 nitrogen and oxygen atoms in total. The van der Waals surface area contributed by atoms with Gasteiger partial charge in [-0.25, -0.2) is 4.79 Å². The fourth-order valence-electron chi connectivity index (χ4n) is 3.16. The van der Waals surface area contributed by atoms with Gasteiger partial charge in [0.1, 0.15) is 5.82 Å². The van der Waals surface area contributed by atoms with E-state index in [0.717, 1.165) is 48.7 Å². The second kappa shape index (κ2) is 7.45. The molecule has 0 aliphatic carbocycles. The first kappa shape index (κ1) is 17.8. The van der Waals surface area contributed by atoms with Crippen molar-refractivity contribution in [3.63, 3.8) is 0 Å². The Kier molecular flexibility index (Phi) is 5.30. The maximum atomic E-state index is 12.1. The van der Waals surface area contributed by atoms with Crippen LogP contribution in [0, 0.1) is 0 Å². The standard InChI is InChI=1S/C18H23ClN4O2/c1-20-16(13-17(24)21(2)18(20)25)23-11-9-22(10-12-23)8-7-14-3-5-15(19)6-4-14/h3-6,13H,7-12H2,1-2H3. The number of aromatic nitrogens is 2.